The molecule has 2 unspecified atom stereocenters. The minimum Gasteiger partial charge on any atom is -0.394 e. The molecule has 0 aliphatic carbocycles. The smallest absolute Gasteiger partial charge is 0.248 e. The maximum atomic E-state index is 15.2. The predicted octanol–water partition coefficient (Wildman–Crippen LogP) is 4.70. The molecular formula is C40H44N6O4S. The molecule has 1 spiro atoms. The topological polar surface area (TPSA) is 112 Å². The zero-order chi connectivity index (χ0) is 35.8. The number of amides is 3. The first-order valence-corrected chi connectivity index (χ1v) is 18.3. The van der Waals surface area contributed by atoms with Gasteiger partial charge in [-0.1, -0.05) is 90.2 Å². The van der Waals surface area contributed by atoms with Crippen molar-refractivity contribution in [2.24, 2.45) is 11.8 Å². The first-order valence-electron chi connectivity index (χ1n) is 17.5. The van der Waals surface area contributed by atoms with Gasteiger partial charge in [0.05, 0.1) is 34.7 Å². The highest BCUT2D eigenvalue weighted by atomic mass is 32.2. The molecule has 4 heterocycles. The molecule has 10 nitrogen and oxygen atoms in total. The van der Waals surface area contributed by atoms with Gasteiger partial charge in [0.2, 0.25) is 17.7 Å². The van der Waals surface area contributed by atoms with Crippen LogP contribution in [0.25, 0.3) is 11.0 Å². The van der Waals surface area contributed by atoms with Gasteiger partial charge in [-0.2, -0.15) is 0 Å². The highest BCUT2D eigenvalue weighted by molar-refractivity contribution is 8.02. The van der Waals surface area contributed by atoms with Crippen LogP contribution in [0, 0.1) is 11.8 Å². The van der Waals surface area contributed by atoms with E-state index >= 15 is 9.59 Å². The van der Waals surface area contributed by atoms with Crippen molar-refractivity contribution in [3.63, 3.8) is 0 Å². The minimum atomic E-state index is -0.919. The van der Waals surface area contributed by atoms with Gasteiger partial charge in [0, 0.05) is 24.4 Å². The number of thioether (sulfide) groups is 1. The van der Waals surface area contributed by atoms with E-state index in [1.165, 1.54) is 0 Å². The van der Waals surface area contributed by atoms with E-state index in [1.807, 2.05) is 84.9 Å². The van der Waals surface area contributed by atoms with Crippen molar-refractivity contribution in [2.75, 3.05) is 19.7 Å². The fraction of sp³-hybridized carbons (Fsp3) is 0.375. The first-order chi connectivity index (χ1) is 24.7. The molecule has 7 rings (SSSR count). The van der Waals surface area contributed by atoms with Gasteiger partial charge >= 0.3 is 0 Å². The highest BCUT2D eigenvalue weighted by Crippen LogP contribution is 2.72. The lowest BCUT2D eigenvalue weighted by atomic mass is 9.66. The summed E-state index contributed by atoms with van der Waals surface area (Å²) in [7, 11) is 0. The Balaban J connectivity index is 1.30. The molecule has 6 atom stereocenters. The Hall–Kier alpha value is -4.74. The van der Waals surface area contributed by atoms with Crippen LogP contribution in [-0.4, -0.2) is 93.8 Å². The van der Waals surface area contributed by atoms with Crippen LogP contribution < -0.4 is 0 Å². The Morgan fingerprint density at radius 1 is 0.941 bits per heavy atom. The number of hydrogen-bond donors (Lipinski definition) is 1. The van der Waals surface area contributed by atoms with Gasteiger partial charge in [0.1, 0.15) is 18.2 Å². The second-order valence-electron chi connectivity index (χ2n) is 14.1. The average molecular weight is 705 g/mol. The number of aliphatic hydroxyl groups is 1. The normalized spacial score (nSPS) is 25.5. The van der Waals surface area contributed by atoms with Crippen molar-refractivity contribution in [3.05, 3.63) is 121 Å². The molecule has 51 heavy (non-hydrogen) atoms. The molecular weight excluding hydrogens is 661 g/mol. The molecule has 2 bridgehead atoms. The molecule has 11 heteroatoms. The number of para-hydroxylation sites is 1. The van der Waals surface area contributed by atoms with Crippen molar-refractivity contribution >= 4 is 40.5 Å². The SMILES string of the molecule is C=CCN(Cn1nnc2ccccc21)C(=O)C1N([C@@H](CO)Cc2ccccc2)C(=O)[C@@H]2[C@@H](C(=O)N(CC=C)Cc3ccccc3)[C@@]3(C)CCC12S3. The summed E-state index contributed by atoms with van der Waals surface area (Å²) in [6.45, 7) is 10.7. The molecule has 3 saturated heterocycles. The number of likely N-dealkylation sites (tertiary alicyclic amines) is 1. The van der Waals surface area contributed by atoms with Gasteiger partial charge in [-0.05, 0) is 49.4 Å². The number of aliphatic hydroxyl groups excluding tert-OH is 1. The molecule has 1 aromatic heterocycles. The first kappa shape index (κ1) is 34.7. The molecule has 3 aliphatic rings. The van der Waals surface area contributed by atoms with Gasteiger partial charge < -0.3 is 19.8 Å². The summed E-state index contributed by atoms with van der Waals surface area (Å²) in [5.74, 6) is -2.01. The van der Waals surface area contributed by atoms with E-state index in [0.29, 0.717) is 37.9 Å². The third-order valence-corrected chi connectivity index (χ3v) is 12.9. The summed E-state index contributed by atoms with van der Waals surface area (Å²) in [6, 6.07) is 25.5. The third-order valence-electron chi connectivity index (χ3n) is 10.9. The Labute approximate surface area is 302 Å². The van der Waals surface area contributed by atoms with E-state index in [1.54, 1.807) is 43.3 Å². The fourth-order valence-corrected chi connectivity index (χ4v) is 11.0. The van der Waals surface area contributed by atoms with Gasteiger partial charge in [0.15, 0.2) is 0 Å². The zero-order valence-corrected chi connectivity index (χ0v) is 29.7. The number of fused-ring (bicyclic) bond motifs is 2. The lowest BCUT2D eigenvalue weighted by Gasteiger charge is -2.39. The monoisotopic (exact) mass is 704 g/mol. The van der Waals surface area contributed by atoms with E-state index in [4.69, 9.17) is 0 Å². The number of carbonyl (C=O) groups excluding carboxylic acids is 3. The van der Waals surface area contributed by atoms with Gasteiger partial charge in [-0.25, -0.2) is 4.68 Å². The van der Waals surface area contributed by atoms with E-state index in [9.17, 15) is 9.90 Å². The quantitative estimate of drug-likeness (QED) is 0.190. The van der Waals surface area contributed by atoms with Crippen molar-refractivity contribution in [1.29, 1.82) is 0 Å². The number of hydrogen-bond acceptors (Lipinski definition) is 7. The Morgan fingerprint density at radius 3 is 2.27 bits per heavy atom. The molecule has 1 N–H and O–H groups in total. The van der Waals surface area contributed by atoms with Crippen molar-refractivity contribution < 1.29 is 19.5 Å². The standard InChI is InChI=1S/C40H44N6O4S/c1-4-22-43(25-29-16-10-7-11-17-29)36(48)33-34-37(49)46(30(26-47)24-28-14-8-6-9-15-28)35(40(34)21-20-39(33,3)51-40)38(50)44(23-5-2)27-45-32-19-13-12-18-31(32)41-42-45/h4-19,30,33-35,47H,1-2,20-27H2,3H3/t30-,33+,34+,35?,39-,40?/m1/s1. The second-order valence-corrected chi connectivity index (χ2v) is 16.0. The Bertz CT molecular complexity index is 1940. The molecule has 0 saturated carbocycles. The molecule has 3 aliphatic heterocycles. The van der Waals surface area contributed by atoms with E-state index in [0.717, 1.165) is 16.6 Å². The van der Waals surface area contributed by atoms with Crippen LogP contribution in [0.4, 0.5) is 0 Å². The zero-order valence-electron chi connectivity index (χ0n) is 28.9. The van der Waals surface area contributed by atoms with Gasteiger partial charge in [0.25, 0.3) is 0 Å². The maximum absolute atomic E-state index is 15.2. The highest BCUT2D eigenvalue weighted by Gasteiger charge is 2.78. The summed E-state index contributed by atoms with van der Waals surface area (Å²) in [5, 5.41) is 19.6. The number of benzene rings is 3. The van der Waals surface area contributed by atoms with Crippen LogP contribution in [-0.2, 0) is 34.0 Å². The van der Waals surface area contributed by atoms with Crippen LogP contribution in [0.1, 0.15) is 30.9 Å². The summed E-state index contributed by atoms with van der Waals surface area (Å²) in [4.78, 5) is 50.3. The van der Waals surface area contributed by atoms with Crippen molar-refractivity contribution in [3.8, 4) is 0 Å². The molecule has 3 amide bonds. The summed E-state index contributed by atoms with van der Waals surface area (Å²) in [6.07, 6.45) is 5.03. The third kappa shape index (κ3) is 6.06. The molecule has 0 radical (unpaired) electrons. The van der Waals surface area contributed by atoms with Crippen molar-refractivity contribution in [1.82, 2.24) is 29.7 Å². The number of carbonyl (C=O) groups is 3. The number of aromatic nitrogens is 3. The predicted molar refractivity (Wildman–Crippen MR) is 198 cm³/mol. The molecule has 3 aromatic carbocycles. The van der Waals surface area contributed by atoms with Crippen LogP contribution in [0.5, 0.6) is 0 Å². The molecule has 3 fully saturated rings. The summed E-state index contributed by atoms with van der Waals surface area (Å²) >= 11 is 1.63. The number of rotatable bonds is 14. The second kappa shape index (κ2) is 14.1. The fourth-order valence-electron chi connectivity index (χ4n) is 8.67. The number of nitrogens with zero attached hydrogens (tertiary/aromatic N) is 6. The largest absolute Gasteiger partial charge is 0.394 e. The lowest BCUT2D eigenvalue weighted by Crippen LogP contribution is -2.58. The van der Waals surface area contributed by atoms with Crippen LogP contribution in [0.3, 0.4) is 0 Å². The average Bonchev–Trinajstić information content (AvgIpc) is 3.86. The summed E-state index contributed by atoms with van der Waals surface area (Å²) < 4.78 is 0.256. The summed E-state index contributed by atoms with van der Waals surface area (Å²) in [5.41, 5.74) is 3.42. The Morgan fingerprint density at radius 2 is 1.59 bits per heavy atom. The lowest BCUT2D eigenvalue weighted by molar-refractivity contribution is -0.148. The van der Waals surface area contributed by atoms with Gasteiger partial charge in [-0.3, -0.25) is 14.4 Å². The molecule has 264 valence electrons. The minimum absolute atomic E-state index is 0.0988. The van der Waals surface area contributed by atoms with E-state index in [-0.39, 0.29) is 37.5 Å². The molecule has 4 aromatic rings. The van der Waals surface area contributed by atoms with E-state index in [2.05, 4.69) is 30.4 Å². The van der Waals surface area contributed by atoms with Crippen LogP contribution >= 0.6 is 11.8 Å². The van der Waals surface area contributed by atoms with Crippen molar-refractivity contribution in [2.45, 2.75) is 61.0 Å². The van der Waals surface area contributed by atoms with Crippen LogP contribution in [0.2, 0.25) is 0 Å². The van der Waals surface area contributed by atoms with Gasteiger partial charge in [-0.15, -0.1) is 30.0 Å². The van der Waals surface area contributed by atoms with Crippen LogP contribution in [0.15, 0.2) is 110 Å². The van der Waals surface area contributed by atoms with E-state index < -0.39 is 33.4 Å². The maximum Gasteiger partial charge on any atom is 0.248 e. The Kier molecular flexibility index (Phi) is 9.60.